The van der Waals surface area contributed by atoms with Gasteiger partial charge in [0.25, 0.3) is 0 Å². The molecule has 3 heterocycles. The molecular formula is C22H18N2O4. The van der Waals surface area contributed by atoms with Crippen molar-refractivity contribution in [3.05, 3.63) is 71.5 Å². The summed E-state index contributed by atoms with van der Waals surface area (Å²) in [6.07, 6.45) is 2.77. The van der Waals surface area contributed by atoms with Crippen LogP contribution in [0.2, 0.25) is 0 Å². The highest BCUT2D eigenvalue weighted by Crippen LogP contribution is 2.33. The van der Waals surface area contributed by atoms with E-state index in [4.69, 9.17) is 14.0 Å². The molecule has 2 aromatic heterocycles. The van der Waals surface area contributed by atoms with Gasteiger partial charge in [-0.25, -0.2) is 4.79 Å². The average Bonchev–Trinajstić information content (AvgIpc) is 3.42. The van der Waals surface area contributed by atoms with Crippen LogP contribution in [0.4, 0.5) is 0 Å². The lowest BCUT2D eigenvalue weighted by Gasteiger charge is -2.03. The van der Waals surface area contributed by atoms with E-state index in [0.717, 1.165) is 28.6 Å². The molecule has 1 unspecified atom stereocenters. The van der Waals surface area contributed by atoms with Crippen molar-refractivity contribution in [3.8, 4) is 17.1 Å². The van der Waals surface area contributed by atoms with E-state index in [9.17, 15) is 4.79 Å². The quantitative estimate of drug-likeness (QED) is 0.532. The van der Waals surface area contributed by atoms with E-state index < -0.39 is 5.97 Å². The molecule has 0 saturated heterocycles. The van der Waals surface area contributed by atoms with Crippen molar-refractivity contribution in [1.82, 2.24) is 10.1 Å². The summed E-state index contributed by atoms with van der Waals surface area (Å²) < 4.78 is 16.6. The number of hydrogen-bond donors (Lipinski definition) is 1. The number of esters is 1. The van der Waals surface area contributed by atoms with E-state index in [2.05, 4.69) is 10.1 Å². The number of aromatic amines is 1. The molecule has 1 aliphatic rings. The van der Waals surface area contributed by atoms with Crippen molar-refractivity contribution >= 4 is 16.9 Å². The predicted octanol–water partition coefficient (Wildman–Crippen LogP) is 4.50. The number of carbonyl (C=O) groups is 1. The molecule has 5 rings (SSSR count). The van der Waals surface area contributed by atoms with Gasteiger partial charge in [0.15, 0.2) is 5.76 Å². The largest absolute Gasteiger partial charge is 0.490 e. The van der Waals surface area contributed by atoms with Gasteiger partial charge < -0.3 is 19.0 Å². The van der Waals surface area contributed by atoms with Crippen LogP contribution in [-0.2, 0) is 17.8 Å². The van der Waals surface area contributed by atoms with Crippen molar-refractivity contribution in [2.75, 3.05) is 0 Å². The standard InChI is InChI=1S/C22H18N2O4/c1-13-8-14-6-7-15(9-20(14)27-13)21-10-16(24-28-21)12-26-22(25)18-11-23-19-5-3-2-4-17(18)19/h2-7,9-11,13,23H,8,12H2,1H3. The highest BCUT2D eigenvalue weighted by atomic mass is 16.5. The van der Waals surface area contributed by atoms with Crippen LogP contribution in [0, 0.1) is 0 Å². The van der Waals surface area contributed by atoms with Crippen molar-refractivity contribution in [2.24, 2.45) is 0 Å². The molecule has 1 atom stereocenters. The van der Waals surface area contributed by atoms with Crippen LogP contribution in [0.1, 0.15) is 28.5 Å². The summed E-state index contributed by atoms with van der Waals surface area (Å²) >= 11 is 0. The van der Waals surface area contributed by atoms with Crippen LogP contribution < -0.4 is 4.74 Å². The first-order valence-electron chi connectivity index (χ1n) is 9.16. The minimum atomic E-state index is -0.401. The van der Waals surface area contributed by atoms with E-state index >= 15 is 0 Å². The number of benzene rings is 2. The lowest BCUT2D eigenvalue weighted by Crippen LogP contribution is -2.05. The topological polar surface area (TPSA) is 77.4 Å². The Bertz CT molecular complexity index is 1170. The van der Waals surface area contributed by atoms with Crippen LogP contribution in [0.25, 0.3) is 22.2 Å². The van der Waals surface area contributed by atoms with Crippen molar-refractivity contribution in [3.63, 3.8) is 0 Å². The molecule has 0 saturated carbocycles. The van der Waals surface area contributed by atoms with E-state index in [0.29, 0.717) is 17.0 Å². The number of fused-ring (bicyclic) bond motifs is 2. The van der Waals surface area contributed by atoms with E-state index in [1.54, 1.807) is 12.3 Å². The first-order chi connectivity index (χ1) is 13.7. The second kappa shape index (κ2) is 6.56. The van der Waals surface area contributed by atoms with Crippen LogP contribution in [0.5, 0.6) is 5.75 Å². The molecule has 0 aliphatic carbocycles. The van der Waals surface area contributed by atoms with Gasteiger partial charge in [0.1, 0.15) is 24.2 Å². The summed E-state index contributed by atoms with van der Waals surface area (Å²) in [6, 6.07) is 15.4. The average molecular weight is 374 g/mol. The Morgan fingerprint density at radius 3 is 3.07 bits per heavy atom. The number of para-hydroxylation sites is 1. The fraction of sp³-hybridized carbons (Fsp3) is 0.182. The van der Waals surface area contributed by atoms with Gasteiger partial charge in [-0.2, -0.15) is 0 Å². The Hall–Kier alpha value is -3.54. The Morgan fingerprint density at radius 1 is 1.25 bits per heavy atom. The number of hydrogen-bond acceptors (Lipinski definition) is 5. The van der Waals surface area contributed by atoms with Gasteiger partial charge in [0.2, 0.25) is 0 Å². The molecule has 0 bridgehead atoms. The lowest BCUT2D eigenvalue weighted by molar-refractivity contribution is 0.0466. The summed E-state index contributed by atoms with van der Waals surface area (Å²) in [4.78, 5) is 15.5. The second-order valence-electron chi connectivity index (χ2n) is 6.96. The van der Waals surface area contributed by atoms with Gasteiger partial charge in [0.05, 0.1) is 5.56 Å². The van der Waals surface area contributed by atoms with E-state index in [-0.39, 0.29) is 12.7 Å². The third-order valence-electron chi connectivity index (χ3n) is 4.91. The van der Waals surface area contributed by atoms with Crippen LogP contribution in [0.15, 0.2) is 59.3 Å². The second-order valence-corrected chi connectivity index (χ2v) is 6.96. The third kappa shape index (κ3) is 2.93. The van der Waals surface area contributed by atoms with Gasteiger partial charge >= 0.3 is 5.97 Å². The molecule has 140 valence electrons. The zero-order valence-electron chi connectivity index (χ0n) is 15.3. The number of nitrogens with zero attached hydrogens (tertiary/aromatic N) is 1. The maximum atomic E-state index is 12.4. The molecule has 0 radical (unpaired) electrons. The number of rotatable bonds is 4. The first-order valence-corrected chi connectivity index (χ1v) is 9.16. The van der Waals surface area contributed by atoms with E-state index in [1.807, 2.05) is 49.4 Å². The molecule has 0 fully saturated rings. The maximum absolute atomic E-state index is 12.4. The third-order valence-corrected chi connectivity index (χ3v) is 4.91. The fourth-order valence-electron chi connectivity index (χ4n) is 3.53. The van der Waals surface area contributed by atoms with Gasteiger partial charge in [-0.05, 0) is 24.6 Å². The van der Waals surface area contributed by atoms with Crippen molar-refractivity contribution in [1.29, 1.82) is 0 Å². The predicted molar refractivity (Wildman–Crippen MR) is 103 cm³/mol. The molecular weight excluding hydrogens is 356 g/mol. The maximum Gasteiger partial charge on any atom is 0.340 e. The van der Waals surface area contributed by atoms with Crippen LogP contribution in [-0.4, -0.2) is 22.2 Å². The minimum absolute atomic E-state index is 0.0420. The van der Waals surface area contributed by atoms with Gasteiger partial charge in [-0.15, -0.1) is 0 Å². The molecule has 28 heavy (non-hydrogen) atoms. The fourth-order valence-corrected chi connectivity index (χ4v) is 3.53. The van der Waals surface area contributed by atoms with Crippen molar-refractivity contribution < 1.29 is 18.8 Å². The van der Waals surface area contributed by atoms with Crippen LogP contribution in [0.3, 0.4) is 0 Å². The molecule has 0 amide bonds. The molecule has 1 N–H and O–H groups in total. The van der Waals surface area contributed by atoms with Crippen LogP contribution >= 0.6 is 0 Å². The van der Waals surface area contributed by atoms with Gasteiger partial charge in [-0.1, -0.05) is 35.5 Å². The highest BCUT2D eigenvalue weighted by Gasteiger charge is 2.20. The Labute approximate surface area is 161 Å². The molecule has 2 aromatic carbocycles. The number of H-pyrrole nitrogens is 1. The highest BCUT2D eigenvalue weighted by molar-refractivity contribution is 6.03. The smallest absolute Gasteiger partial charge is 0.340 e. The van der Waals surface area contributed by atoms with Gasteiger partial charge in [-0.3, -0.25) is 0 Å². The molecule has 6 heteroatoms. The molecule has 4 aromatic rings. The molecule has 1 aliphatic heterocycles. The number of aromatic nitrogens is 2. The van der Waals surface area contributed by atoms with E-state index in [1.165, 1.54) is 5.56 Å². The summed E-state index contributed by atoms with van der Waals surface area (Å²) in [5, 5.41) is 4.85. The Morgan fingerprint density at radius 2 is 2.14 bits per heavy atom. The summed E-state index contributed by atoms with van der Waals surface area (Å²) in [6.45, 7) is 2.09. The number of ether oxygens (including phenoxy) is 2. The monoisotopic (exact) mass is 374 g/mol. The molecule has 6 nitrogen and oxygen atoms in total. The summed E-state index contributed by atoms with van der Waals surface area (Å²) in [5.74, 6) is 1.10. The Kier molecular flexibility index (Phi) is 3.90. The normalized spacial score (nSPS) is 15.4. The number of nitrogens with one attached hydrogen (secondary N) is 1. The summed E-state index contributed by atoms with van der Waals surface area (Å²) in [7, 11) is 0. The first kappa shape index (κ1) is 16.6. The Balaban J connectivity index is 1.29. The van der Waals surface area contributed by atoms with Gasteiger partial charge in [0, 0.05) is 35.2 Å². The zero-order chi connectivity index (χ0) is 19.1. The van der Waals surface area contributed by atoms with Crippen molar-refractivity contribution in [2.45, 2.75) is 26.1 Å². The lowest BCUT2D eigenvalue weighted by atomic mass is 10.1. The number of carbonyl (C=O) groups excluding carboxylic acids is 1. The SMILES string of the molecule is CC1Cc2ccc(-c3cc(COC(=O)c4c[nH]c5ccccc45)no3)cc2O1. The summed E-state index contributed by atoms with van der Waals surface area (Å²) in [5.41, 5.74) is 4.03. The molecule has 0 spiro atoms. The zero-order valence-corrected chi connectivity index (χ0v) is 15.3. The minimum Gasteiger partial charge on any atom is -0.490 e.